The first-order valence-corrected chi connectivity index (χ1v) is 9.33. The Balaban J connectivity index is 2.12. The number of nitrogens with one attached hydrogen (secondary N) is 1. The fourth-order valence-corrected chi connectivity index (χ4v) is 4.90. The molecule has 21 heavy (non-hydrogen) atoms. The van der Waals surface area contributed by atoms with Crippen LogP contribution in [0.15, 0.2) is 0 Å². The van der Waals surface area contributed by atoms with Gasteiger partial charge < -0.3 is 10.1 Å². The van der Waals surface area contributed by atoms with Gasteiger partial charge in [0.05, 0.1) is 5.60 Å². The summed E-state index contributed by atoms with van der Waals surface area (Å²) >= 11 is 0. The molecule has 2 aliphatic rings. The maximum Gasteiger partial charge on any atom is 0.0837 e. The van der Waals surface area contributed by atoms with Crippen LogP contribution in [-0.2, 0) is 4.74 Å². The number of ether oxygens (including phenoxy) is 1. The quantitative estimate of drug-likeness (QED) is 0.798. The Bertz CT molecular complexity index is 309. The van der Waals surface area contributed by atoms with E-state index in [0.717, 1.165) is 30.3 Å². The SMILES string of the molecule is CCOC1(C(NC)C2CCC(C)C(C)C2)CCC(C)CC1. The monoisotopic (exact) mass is 295 g/mol. The van der Waals surface area contributed by atoms with E-state index in [2.05, 4.69) is 40.1 Å². The van der Waals surface area contributed by atoms with Gasteiger partial charge in [0.15, 0.2) is 0 Å². The van der Waals surface area contributed by atoms with Gasteiger partial charge in [-0.05, 0) is 76.2 Å². The van der Waals surface area contributed by atoms with E-state index in [4.69, 9.17) is 4.74 Å². The highest BCUT2D eigenvalue weighted by molar-refractivity contribution is 5.00. The van der Waals surface area contributed by atoms with Gasteiger partial charge in [-0.3, -0.25) is 0 Å². The van der Waals surface area contributed by atoms with E-state index in [-0.39, 0.29) is 5.60 Å². The van der Waals surface area contributed by atoms with Gasteiger partial charge in [-0.25, -0.2) is 0 Å². The Morgan fingerprint density at radius 3 is 2.24 bits per heavy atom. The molecule has 0 aromatic carbocycles. The lowest BCUT2D eigenvalue weighted by atomic mass is 9.65. The molecule has 0 radical (unpaired) electrons. The zero-order valence-corrected chi connectivity index (χ0v) is 15.0. The Morgan fingerprint density at radius 2 is 1.71 bits per heavy atom. The second-order valence-corrected chi connectivity index (χ2v) is 7.97. The third-order valence-electron chi connectivity index (χ3n) is 6.54. The van der Waals surface area contributed by atoms with E-state index in [1.54, 1.807) is 0 Å². The Labute approximate surface area is 132 Å². The molecule has 4 atom stereocenters. The molecule has 0 spiro atoms. The third kappa shape index (κ3) is 3.82. The lowest BCUT2D eigenvalue weighted by Crippen LogP contribution is -2.57. The molecule has 0 heterocycles. The smallest absolute Gasteiger partial charge is 0.0837 e. The first kappa shape index (κ1) is 17.3. The van der Waals surface area contributed by atoms with E-state index >= 15 is 0 Å². The Kier molecular flexibility index (Phi) is 6.14. The van der Waals surface area contributed by atoms with Crippen LogP contribution in [0, 0.1) is 23.7 Å². The molecule has 2 saturated carbocycles. The molecule has 1 N–H and O–H groups in total. The average molecular weight is 296 g/mol. The van der Waals surface area contributed by atoms with Crippen LogP contribution in [0.5, 0.6) is 0 Å². The van der Waals surface area contributed by atoms with E-state index in [1.807, 2.05) is 0 Å². The lowest BCUT2D eigenvalue weighted by Gasteiger charge is -2.49. The molecule has 124 valence electrons. The second-order valence-electron chi connectivity index (χ2n) is 7.97. The van der Waals surface area contributed by atoms with E-state index in [1.165, 1.54) is 44.9 Å². The van der Waals surface area contributed by atoms with E-state index in [9.17, 15) is 0 Å². The molecule has 0 aromatic heterocycles. The molecule has 2 aliphatic carbocycles. The zero-order chi connectivity index (χ0) is 15.5. The highest BCUT2D eigenvalue weighted by Gasteiger charge is 2.45. The second kappa shape index (κ2) is 7.46. The molecular formula is C19H37NO. The van der Waals surface area contributed by atoms with Crippen molar-refractivity contribution in [3.8, 4) is 0 Å². The van der Waals surface area contributed by atoms with Gasteiger partial charge in [-0.15, -0.1) is 0 Å². The maximum absolute atomic E-state index is 6.42. The van der Waals surface area contributed by atoms with Crippen molar-refractivity contribution >= 4 is 0 Å². The first-order valence-electron chi connectivity index (χ1n) is 9.33. The summed E-state index contributed by atoms with van der Waals surface area (Å²) in [5.74, 6) is 3.43. The predicted molar refractivity (Wildman–Crippen MR) is 90.5 cm³/mol. The highest BCUT2D eigenvalue weighted by atomic mass is 16.5. The summed E-state index contributed by atoms with van der Waals surface area (Å²) < 4.78 is 6.42. The van der Waals surface area contributed by atoms with Crippen LogP contribution in [0.1, 0.15) is 72.6 Å². The lowest BCUT2D eigenvalue weighted by molar-refractivity contribution is -0.112. The minimum absolute atomic E-state index is 0.0982. The minimum Gasteiger partial charge on any atom is -0.374 e. The third-order valence-corrected chi connectivity index (χ3v) is 6.54. The Hall–Kier alpha value is -0.0800. The molecule has 2 rings (SSSR count). The molecular weight excluding hydrogens is 258 g/mol. The van der Waals surface area contributed by atoms with Crippen LogP contribution >= 0.6 is 0 Å². The first-order chi connectivity index (χ1) is 10.0. The van der Waals surface area contributed by atoms with Gasteiger partial charge in [0.2, 0.25) is 0 Å². The number of likely N-dealkylation sites (N-methyl/N-ethyl adjacent to an activating group) is 1. The van der Waals surface area contributed by atoms with Crippen LogP contribution in [0.3, 0.4) is 0 Å². The minimum atomic E-state index is 0.0982. The standard InChI is InChI=1S/C19H37NO/c1-6-21-19(11-9-14(2)10-12-19)18(20-5)17-8-7-15(3)16(4)13-17/h14-18,20H,6-13H2,1-5H3. The van der Waals surface area contributed by atoms with Gasteiger partial charge in [0.1, 0.15) is 0 Å². The van der Waals surface area contributed by atoms with Crippen molar-refractivity contribution in [2.45, 2.75) is 84.3 Å². The van der Waals surface area contributed by atoms with Crippen molar-refractivity contribution < 1.29 is 4.74 Å². The van der Waals surface area contributed by atoms with Crippen molar-refractivity contribution in [2.75, 3.05) is 13.7 Å². The average Bonchev–Trinajstić information content (AvgIpc) is 2.47. The zero-order valence-electron chi connectivity index (χ0n) is 15.0. The van der Waals surface area contributed by atoms with E-state index in [0.29, 0.717) is 6.04 Å². The summed E-state index contributed by atoms with van der Waals surface area (Å²) in [5, 5.41) is 3.69. The molecule has 4 unspecified atom stereocenters. The molecule has 0 bridgehead atoms. The van der Waals surface area contributed by atoms with Gasteiger partial charge in [0, 0.05) is 12.6 Å². The molecule has 2 heteroatoms. The van der Waals surface area contributed by atoms with Crippen LogP contribution < -0.4 is 5.32 Å². The fraction of sp³-hybridized carbons (Fsp3) is 1.00. The summed E-state index contributed by atoms with van der Waals surface area (Å²) in [6, 6.07) is 0.542. The van der Waals surface area contributed by atoms with Gasteiger partial charge >= 0.3 is 0 Å². The van der Waals surface area contributed by atoms with Crippen molar-refractivity contribution in [2.24, 2.45) is 23.7 Å². The van der Waals surface area contributed by atoms with Crippen molar-refractivity contribution in [1.82, 2.24) is 5.32 Å². The topological polar surface area (TPSA) is 21.3 Å². The summed E-state index contributed by atoms with van der Waals surface area (Å²) in [6.45, 7) is 10.3. The van der Waals surface area contributed by atoms with Crippen molar-refractivity contribution in [1.29, 1.82) is 0 Å². The van der Waals surface area contributed by atoms with Crippen LogP contribution in [-0.4, -0.2) is 25.3 Å². The number of hydrogen-bond acceptors (Lipinski definition) is 2. The van der Waals surface area contributed by atoms with Crippen molar-refractivity contribution in [3.05, 3.63) is 0 Å². The van der Waals surface area contributed by atoms with Gasteiger partial charge in [0.25, 0.3) is 0 Å². The fourth-order valence-electron chi connectivity index (χ4n) is 4.90. The normalized spacial score (nSPS) is 42.7. The molecule has 2 fully saturated rings. The summed E-state index contributed by atoms with van der Waals surface area (Å²) in [6.07, 6.45) is 9.29. The Morgan fingerprint density at radius 1 is 1.05 bits per heavy atom. The van der Waals surface area contributed by atoms with Crippen LogP contribution in [0.4, 0.5) is 0 Å². The van der Waals surface area contributed by atoms with Crippen molar-refractivity contribution in [3.63, 3.8) is 0 Å². The molecule has 0 amide bonds. The highest BCUT2D eigenvalue weighted by Crippen LogP contribution is 2.44. The van der Waals surface area contributed by atoms with Crippen LogP contribution in [0.25, 0.3) is 0 Å². The summed E-state index contributed by atoms with van der Waals surface area (Å²) in [7, 11) is 2.16. The van der Waals surface area contributed by atoms with Gasteiger partial charge in [-0.1, -0.05) is 27.2 Å². The summed E-state index contributed by atoms with van der Waals surface area (Å²) in [5.41, 5.74) is 0.0982. The largest absolute Gasteiger partial charge is 0.374 e. The van der Waals surface area contributed by atoms with Gasteiger partial charge in [-0.2, -0.15) is 0 Å². The molecule has 0 aromatic rings. The maximum atomic E-state index is 6.42. The molecule has 0 aliphatic heterocycles. The predicted octanol–water partition coefficient (Wildman–Crippen LogP) is 4.63. The number of hydrogen-bond donors (Lipinski definition) is 1. The molecule has 0 saturated heterocycles. The van der Waals surface area contributed by atoms with E-state index < -0.39 is 0 Å². The van der Waals surface area contributed by atoms with Crippen LogP contribution in [0.2, 0.25) is 0 Å². The number of rotatable bonds is 5. The molecule has 2 nitrogen and oxygen atoms in total. The summed E-state index contributed by atoms with van der Waals surface area (Å²) in [4.78, 5) is 0.